The van der Waals surface area contributed by atoms with Crippen molar-refractivity contribution in [3.05, 3.63) is 31.5 Å². The highest BCUT2D eigenvalue weighted by Crippen LogP contribution is 2.05. The van der Waals surface area contributed by atoms with E-state index < -0.39 is 17.1 Å². The van der Waals surface area contributed by atoms with Crippen LogP contribution in [0.15, 0.2) is 14.4 Å². The van der Waals surface area contributed by atoms with E-state index in [0.29, 0.717) is 0 Å². The molecule has 0 spiro atoms. The Hall–Kier alpha value is -0.540. The molecule has 0 saturated carbocycles. The van der Waals surface area contributed by atoms with Gasteiger partial charge in [0.15, 0.2) is 0 Å². The Bertz CT molecular complexity index is 628. The van der Waals surface area contributed by atoms with E-state index in [1.807, 2.05) is 13.2 Å². The number of hydrogen-bond donors (Lipinski definition) is 2. The Balaban J connectivity index is 3.58. The van der Waals surface area contributed by atoms with E-state index >= 15 is 0 Å². The quantitative estimate of drug-likeness (QED) is 0.693. The topological polar surface area (TPSA) is 66.0 Å². The molecule has 3 unspecified atom stereocenters. The Labute approximate surface area is 144 Å². The minimum atomic E-state index is -0.593. The lowest BCUT2D eigenvalue weighted by atomic mass is 10.4. The first kappa shape index (κ1) is 19.5. The molecule has 0 aliphatic carbocycles. The second-order valence-corrected chi connectivity index (χ2v) is 8.46. The Kier molecular flexibility index (Phi) is 7.40. The first-order valence-corrected chi connectivity index (χ1v) is 9.34. The molecule has 0 aromatic carbocycles. The van der Waals surface area contributed by atoms with Crippen LogP contribution in [-0.2, 0) is 19.6 Å². The molecule has 1 aromatic rings. The van der Waals surface area contributed by atoms with Crippen LogP contribution in [0.3, 0.4) is 0 Å². The number of aromatic nitrogens is 3. The zero-order valence-corrected chi connectivity index (χ0v) is 15.8. The molecule has 3 atom stereocenters. The normalized spacial score (nSPS) is 15.5. The monoisotopic (exact) mass is 365 g/mol. The predicted octanol–water partition coefficient (Wildman–Crippen LogP) is 0.560. The van der Waals surface area contributed by atoms with E-state index in [-0.39, 0.29) is 35.4 Å². The van der Waals surface area contributed by atoms with Gasteiger partial charge in [-0.05, 0) is 6.26 Å². The van der Waals surface area contributed by atoms with Crippen molar-refractivity contribution in [1.29, 1.82) is 0 Å². The fraction of sp³-hybridized carbons (Fsp3) is 0.769. The molecule has 0 amide bonds. The van der Waals surface area contributed by atoms with Crippen LogP contribution in [0, 0.1) is 0 Å². The summed E-state index contributed by atoms with van der Waals surface area (Å²) in [5.74, 6) is 0. The van der Waals surface area contributed by atoms with Crippen LogP contribution in [0.1, 0.15) is 20.8 Å². The lowest BCUT2D eigenvalue weighted by Crippen LogP contribution is -2.56. The molecule has 0 saturated heterocycles. The average molecular weight is 366 g/mol. The van der Waals surface area contributed by atoms with Crippen molar-refractivity contribution in [2.45, 2.75) is 56.2 Å². The molecule has 22 heavy (non-hydrogen) atoms. The maximum atomic E-state index is 12.5. The smallest absolute Gasteiger partial charge is 0.247 e. The summed E-state index contributed by atoms with van der Waals surface area (Å²) in [6.45, 7) is 6.10. The maximum Gasteiger partial charge on any atom is 0.336 e. The van der Waals surface area contributed by atoms with Crippen molar-refractivity contribution >= 4 is 37.0 Å². The number of thiol groups is 2. The highest BCUT2D eigenvalue weighted by atomic mass is 32.2. The second kappa shape index (κ2) is 8.35. The van der Waals surface area contributed by atoms with Crippen molar-refractivity contribution in [2.75, 3.05) is 6.26 Å². The van der Waals surface area contributed by atoms with Crippen LogP contribution in [0.5, 0.6) is 0 Å². The molecule has 126 valence electrons. The zero-order chi connectivity index (χ0) is 17.0. The third-order valence-electron chi connectivity index (χ3n) is 3.12. The summed E-state index contributed by atoms with van der Waals surface area (Å²) in [6.07, 6.45) is 1.91. The van der Waals surface area contributed by atoms with Crippen LogP contribution in [0.25, 0.3) is 0 Å². The molecule has 0 fully saturated rings. The molecule has 0 aliphatic rings. The van der Waals surface area contributed by atoms with Crippen molar-refractivity contribution < 1.29 is 0 Å². The molecule has 9 heteroatoms. The fourth-order valence-corrected chi connectivity index (χ4v) is 2.64. The number of thioether (sulfide) groups is 1. The number of rotatable bonds is 7. The molecule has 1 heterocycles. The molecule has 0 aliphatic heterocycles. The van der Waals surface area contributed by atoms with Gasteiger partial charge >= 0.3 is 17.1 Å². The summed E-state index contributed by atoms with van der Waals surface area (Å²) in [5.41, 5.74) is -1.73. The largest absolute Gasteiger partial charge is 0.336 e. The SMILES string of the molecule is CSC(C)Cn1c(=O)n(CC(C)S)c(=O)n(CC(C)S)c1=O. The van der Waals surface area contributed by atoms with Crippen LogP contribution in [0.4, 0.5) is 0 Å². The number of nitrogens with zero attached hydrogens (tertiary/aromatic N) is 3. The summed E-state index contributed by atoms with van der Waals surface area (Å²) in [7, 11) is 0. The Morgan fingerprint density at radius 2 is 1.14 bits per heavy atom. The summed E-state index contributed by atoms with van der Waals surface area (Å²) in [6, 6.07) is 0. The molecule has 1 aromatic heterocycles. The van der Waals surface area contributed by atoms with E-state index in [0.717, 1.165) is 13.7 Å². The van der Waals surface area contributed by atoms with Gasteiger partial charge in [-0.15, -0.1) is 0 Å². The molecular weight excluding hydrogens is 342 g/mol. The molecular formula is C13H23N3O3S3. The minimum absolute atomic E-state index is 0.0895. The highest BCUT2D eigenvalue weighted by Gasteiger charge is 2.18. The van der Waals surface area contributed by atoms with Gasteiger partial charge in [-0.25, -0.2) is 28.1 Å². The first-order chi connectivity index (χ1) is 10.2. The van der Waals surface area contributed by atoms with Crippen molar-refractivity contribution in [1.82, 2.24) is 13.7 Å². The maximum absolute atomic E-state index is 12.5. The van der Waals surface area contributed by atoms with Gasteiger partial charge in [0, 0.05) is 35.4 Å². The fourth-order valence-electron chi connectivity index (χ4n) is 2.01. The van der Waals surface area contributed by atoms with Crippen LogP contribution >= 0.6 is 37.0 Å². The van der Waals surface area contributed by atoms with Crippen LogP contribution in [0.2, 0.25) is 0 Å². The molecule has 0 radical (unpaired) electrons. The average Bonchev–Trinajstić information content (AvgIpc) is 2.43. The van der Waals surface area contributed by atoms with Gasteiger partial charge in [0.25, 0.3) is 0 Å². The van der Waals surface area contributed by atoms with Crippen molar-refractivity contribution in [2.24, 2.45) is 0 Å². The minimum Gasteiger partial charge on any atom is -0.247 e. The zero-order valence-electron chi connectivity index (χ0n) is 13.2. The lowest BCUT2D eigenvalue weighted by Gasteiger charge is -2.17. The molecule has 1 rings (SSSR count). The van der Waals surface area contributed by atoms with E-state index in [4.69, 9.17) is 0 Å². The molecule has 0 N–H and O–H groups in total. The second-order valence-electron chi connectivity index (χ2n) is 5.42. The summed E-state index contributed by atoms with van der Waals surface area (Å²) in [5, 5.41) is -0.251. The van der Waals surface area contributed by atoms with Gasteiger partial charge in [-0.2, -0.15) is 37.0 Å². The molecule has 6 nitrogen and oxygen atoms in total. The summed E-state index contributed by atoms with van der Waals surface area (Å²) < 4.78 is 3.30. The van der Waals surface area contributed by atoms with E-state index in [1.165, 1.54) is 0 Å². The van der Waals surface area contributed by atoms with Gasteiger partial charge in [-0.1, -0.05) is 20.8 Å². The highest BCUT2D eigenvalue weighted by molar-refractivity contribution is 7.99. The standard InChI is InChI=1S/C13H23N3O3S3/c1-8(20)5-14-11(17)15(6-9(2)21)13(19)16(12(14)18)7-10(3)22-4/h8-10,20-21H,5-7H2,1-4H3. The lowest BCUT2D eigenvalue weighted by molar-refractivity contribution is 0.445. The van der Waals surface area contributed by atoms with E-state index in [1.54, 1.807) is 25.6 Å². The third-order valence-corrected chi connectivity index (χ3v) is 4.40. The van der Waals surface area contributed by atoms with Crippen molar-refractivity contribution in [3.8, 4) is 0 Å². The van der Waals surface area contributed by atoms with Crippen molar-refractivity contribution in [3.63, 3.8) is 0 Å². The summed E-state index contributed by atoms with van der Waals surface area (Å²) >= 11 is 10.0. The van der Waals surface area contributed by atoms with Gasteiger partial charge in [0.1, 0.15) is 0 Å². The predicted molar refractivity (Wildman–Crippen MR) is 99.1 cm³/mol. The van der Waals surface area contributed by atoms with Crippen LogP contribution in [-0.4, -0.2) is 35.7 Å². The summed E-state index contributed by atoms with van der Waals surface area (Å²) in [4.78, 5) is 37.4. The van der Waals surface area contributed by atoms with Crippen LogP contribution < -0.4 is 17.1 Å². The third kappa shape index (κ3) is 4.73. The van der Waals surface area contributed by atoms with Gasteiger partial charge in [0.2, 0.25) is 0 Å². The Morgan fingerprint density at radius 1 is 0.818 bits per heavy atom. The molecule has 0 bridgehead atoms. The van der Waals surface area contributed by atoms with E-state index in [2.05, 4.69) is 25.3 Å². The first-order valence-electron chi connectivity index (χ1n) is 7.02. The van der Waals surface area contributed by atoms with E-state index in [9.17, 15) is 14.4 Å². The Morgan fingerprint density at radius 3 is 1.41 bits per heavy atom. The van der Waals surface area contributed by atoms with Gasteiger partial charge in [0.05, 0.1) is 0 Å². The van der Waals surface area contributed by atoms with Gasteiger partial charge in [-0.3, -0.25) is 0 Å². The van der Waals surface area contributed by atoms with Gasteiger partial charge < -0.3 is 0 Å². The number of hydrogen-bond acceptors (Lipinski definition) is 6.